The van der Waals surface area contributed by atoms with Crippen LogP contribution in [0.2, 0.25) is 0 Å². The van der Waals surface area contributed by atoms with Crippen molar-refractivity contribution in [3.05, 3.63) is 35.4 Å². The topological polar surface area (TPSA) is 64.4 Å². The first-order chi connectivity index (χ1) is 8.51. The Labute approximate surface area is 109 Å². The first-order valence-corrected chi connectivity index (χ1v) is 6.14. The van der Waals surface area contributed by atoms with Gasteiger partial charge in [0.25, 0.3) is 0 Å². The third-order valence-corrected chi connectivity index (χ3v) is 3.11. The highest BCUT2D eigenvalue weighted by atomic mass is 16.5. The summed E-state index contributed by atoms with van der Waals surface area (Å²) in [5.74, 6) is -0.128. The number of carbonyl (C=O) groups excluding carboxylic acids is 1. The maximum atomic E-state index is 11.9. The number of hydrogen-bond acceptors (Lipinski definition) is 3. The average molecular weight is 250 g/mol. The summed E-state index contributed by atoms with van der Waals surface area (Å²) in [6.07, 6.45) is 0.610. The number of nitrogens with one attached hydrogen (secondary N) is 1. The molecule has 0 spiro atoms. The molecule has 0 saturated heterocycles. The molecule has 1 rings (SSSR count). The van der Waals surface area contributed by atoms with E-state index in [1.807, 2.05) is 31.2 Å². The Morgan fingerprint density at radius 3 is 2.56 bits per heavy atom. The Morgan fingerprint density at radius 1 is 1.39 bits per heavy atom. The quantitative estimate of drug-likeness (QED) is 0.805. The van der Waals surface area contributed by atoms with Crippen LogP contribution in [-0.2, 0) is 22.7 Å². The summed E-state index contributed by atoms with van der Waals surface area (Å²) in [5, 5.41) is 2.87. The van der Waals surface area contributed by atoms with Crippen LogP contribution >= 0.6 is 0 Å². The van der Waals surface area contributed by atoms with Crippen LogP contribution in [0.1, 0.15) is 31.4 Å². The van der Waals surface area contributed by atoms with Crippen LogP contribution in [0.3, 0.4) is 0 Å². The number of carbonyl (C=O) groups is 1. The minimum Gasteiger partial charge on any atom is -0.380 e. The van der Waals surface area contributed by atoms with Crippen LogP contribution in [0.4, 0.5) is 0 Å². The van der Waals surface area contributed by atoms with Crippen LogP contribution in [0.15, 0.2) is 24.3 Å². The van der Waals surface area contributed by atoms with Crippen molar-refractivity contribution in [2.45, 2.75) is 39.0 Å². The van der Waals surface area contributed by atoms with Crippen molar-refractivity contribution in [3.63, 3.8) is 0 Å². The molecular weight excluding hydrogens is 228 g/mol. The van der Waals surface area contributed by atoms with E-state index >= 15 is 0 Å². The van der Waals surface area contributed by atoms with Gasteiger partial charge < -0.3 is 15.8 Å². The van der Waals surface area contributed by atoms with Gasteiger partial charge in [-0.15, -0.1) is 0 Å². The Balaban J connectivity index is 2.66. The molecular formula is C14H22N2O2. The van der Waals surface area contributed by atoms with Crippen molar-refractivity contribution in [2.24, 2.45) is 5.73 Å². The van der Waals surface area contributed by atoms with E-state index in [-0.39, 0.29) is 5.91 Å². The number of methoxy groups -OCH3 is 1. The van der Waals surface area contributed by atoms with Crippen molar-refractivity contribution < 1.29 is 9.53 Å². The molecule has 4 heteroatoms. The Bertz CT molecular complexity index is 403. The van der Waals surface area contributed by atoms with Gasteiger partial charge in [0.2, 0.25) is 5.91 Å². The molecule has 1 aromatic carbocycles. The van der Waals surface area contributed by atoms with E-state index in [9.17, 15) is 4.79 Å². The molecule has 0 heterocycles. The highest BCUT2D eigenvalue weighted by molar-refractivity contribution is 5.85. The maximum Gasteiger partial charge on any atom is 0.240 e. The fraction of sp³-hybridized carbons (Fsp3) is 0.500. The third kappa shape index (κ3) is 3.82. The number of rotatable bonds is 6. The number of hydrogen-bond donors (Lipinski definition) is 2. The highest BCUT2D eigenvalue weighted by Gasteiger charge is 2.25. The molecule has 0 radical (unpaired) electrons. The normalized spacial score (nSPS) is 14.0. The molecule has 0 aliphatic heterocycles. The zero-order valence-electron chi connectivity index (χ0n) is 11.3. The van der Waals surface area contributed by atoms with Gasteiger partial charge in [0, 0.05) is 13.7 Å². The second-order valence-corrected chi connectivity index (χ2v) is 4.66. The van der Waals surface area contributed by atoms with Gasteiger partial charge in [0.15, 0.2) is 0 Å². The lowest BCUT2D eigenvalue weighted by Gasteiger charge is -2.22. The largest absolute Gasteiger partial charge is 0.380 e. The SMILES string of the molecule is CCC(C)(N)C(=O)NCc1ccccc1COC. The molecule has 1 amide bonds. The number of benzene rings is 1. The molecule has 0 aliphatic rings. The molecule has 18 heavy (non-hydrogen) atoms. The molecule has 0 fully saturated rings. The number of amides is 1. The molecule has 1 aromatic rings. The smallest absolute Gasteiger partial charge is 0.240 e. The lowest BCUT2D eigenvalue weighted by Crippen LogP contribution is -2.50. The fourth-order valence-electron chi connectivity index (χ4n) is 1.56. The van der Waals surface area contributed by atoms with E-state index in [1.165, 1.54) is 0 Å². The average Bonchev–Trinajstić information content (AvgIpc) is 2.37. The monoisotopic (exact) mass is 250 g/mol. The van der Waals surface area contributed by atoms with E-state index in [4.69, 9.17) is 10.5 Å². The molecule has 0 aliphatic carbocycles. The van der Waals surface area contributed by atoms with Crippen LogP contribution in [0, 0.1) is 0 Å². The lowest BCUT2D eigenvalue weighted by atomic mass is 9.99. The zero-order valence-corrected chi connectivity index (χ0v) is 11.3. The summed E-state index contributed by atoms with van der Waals surface area (Å²) in [4.78, 5) is 11.9. The minimum absolute atomic E-state index is 0.128. The van der Waals surface area contributed by atoms with Crippen LogP contribution in [0.25, 0.3) is 0 Å². The Hall–Kier alpha value is -1.39. The van der Waals surface area contributed by atoms with E-state index in [0.717, 1.165) is 11.1 Å². The van der Waals surface area contributed by atoms with Gasteiger partial charge in [-0.25, -0.2) is 0 Å². The summed E-state index contributed by atoms with van der Waals surface area (Å²) >= 11 is 0. The first kappa shape index (κ1) is 14.7. The predicted octanol–water partition coefficient (Wildman–Crippen LogP) is 1.58. The van der Waals surface area contributed by atoms with Gasteiger partial charge in [-0.3, -0.25) is 4.79 Å². The molecule has 1 unspecified atom stereocenters. The molecule has 0 saturated carbocycles. The predicted molar refractivity (Wildman–Crippen MR) is 71.9 cm³/mol. The van der Waals surface area contributed by atoms with Gasteiger partial charge in [-0.1, -0.05) is 31.2 Å². The Morgan fingerprint density at radius 2 is 2.00 bits per heavy atom. The number of nitrogens with two attached hydrogens (primary N) is 1. The van der Waals surface area contributed by atoms with E-state index in [2.05, 4.69) is 5.32 Å². The summed E-state index contributed by atoms with van der Waals surface area (Å²) < 4.78 is 5.13. The van der Waals surface area contributed by atoms with Gasteiger partial charge in [-0.2, -0.15) is 0 Å². The summed E-state index contributed by atoms with van der Waals surface area (Å²) in [7, 11) is 1.66. The van der Waals surface area contributed by atoms with E-state index < -0.39 is 5.54 Å². The van der Waals surface area contributed by atoms with Crippen molar-refractivity contribution >= 4 is 5.91 Å². The maximum absolute atomic E-state index is 11.9. The molecule has 0 aromatic heterocycles. The standard InChI is InChI=1S/C14H22N2O2/c1-4-14(2,15)13(17)16-9-11-7-5-6-8-12(11)10-18-3/h5-8H,4,9-10,15H2,1-3H3,(H,16,17). The molecule has 4 nitrogen and oxygen atoms in total. The Kier molecular flexibility index (Phi) is 5.31. The van der Waals surface area contributed by atoms with Crippen LogP contribution in [0.5, 0.6) is 0 Å². The van der Waals surface area contributed by atoms with Crippen LogP contribution < -0.4 is 11.1 Å². The van der Waals surface area contributed by atoms with Crippen molar-refractivity contribution in [3.8, 4) is 0 Å². The zero-order chi connectivity index (χ0) is 13.6. The first-order valence-electron chi connectivity index (χ1n) is 6.14. The second kappa shape index (κ2) is 6.52. The van der Waals surface area contributed by atoms with Gasteiger partial charge in [-0.05, 0) is 24.5 Å². The molecule has 1 atom stereocenters. The van der Waals surface area contributed by atoms with Crippen LogP contribution in [-0.4, -0.2) is 18.6 Å². The summed E-state index contributed by atoms with van der Waals surface area (Å²) in [6.45, 7) is 4.66. The summed E-state index contributed by atoms with van der Waals surface area (Å²) in [5.41, 5.74) is 7.21. The number of ether oxygens (including phenoxy) is 1. The van der Waals surface area contributed by atoms with Gasteiger partial charge >= 0.3 is 0 Å². The van der Waals surface area contributed by atoms with Gasteiger partial charge in [0.1, 0.15) is 0 Å². The van der Waals surface area contributed by atoms with Crippen molar-refractivity contribution in [1.29, 1.82) is 0 Å². The lowest BCUT2D eigenvalue weighted by molar-refractivity contribution is -0.126. The van der Waals surface area contributed by atoms with Gasteiger partial charge in [0.05, 0.1) is 12.1 Å². The molecule has 0 bridgehead atoms. The second-order valence-electron chi connectivity index (χ2n) is 4.66. The summed E-state index contributed by atoms with van der Waals surface area (Å²) in [6, 6.07) is 7.88. The molecule has 3 N–H and O–H groups in total. The van der Waals surface area contributed by atoms with E-state index in [0.29, 0.717) is 19.6 Å². The third-order valence-electron chi connectivity index (χ3n) is 3.11. The highest BCUT2D eigenvalue weighted by Crippen LogP contribution is 2.11. The minimum atomic E-state index is -0.809. The van der Waals surface area contributed by atoms with E-state index in [1.54, 1.807) is 14.0 Å². The van der Waals surface area contributed by atoms with Crippen molar-refractivity contribution in [2.75, 3.05) is 7.11 Å². The van der Waals surface area contributed by atoms with Crippen molar-refractivity contribution in [1.82, 2.24) is 5.32 Å². The fourth-order valence-corrected chi connectivity index (χ4v) is 1.56. The molecule has 100 valence electrons.